The molecule has 0 bridgehead atoms. The quantitative estimate of drug-likeness (QED) is 0.163. The Morgan fingerprint density at radius 2 is 1.84 bits per heavy atom. The van der Waals surface area contributed by atoms with E-state index in [9.17, 15) is 24.8 Å². The summed E-state index contributed by atoms with van der Waals surface area (Å²) in [6.45, 7) is 13.0. The molecule has 1 aliphatic rings. The van der Waals surface area contributed by atoms with Gasteiger partial charge in [-0.15, -0.1) is 0 Å². The number of ether oxygens (including phenoxy) is 1. The molecule has 2 aromatic rings. The van der Waals surface area contributed by atoms with Gasteiger partial charge in [0.2, 0.25) is 5.78 Å². The van der Waals surface area contributed by atoms with Gasteiger partial charge in [-0.1, -0.05) is 37.8 Å². The Morgan fingerprint density at radius 1 is 1.14 bits per heavy atom. The number of rotatable bonds is 11. The maximum atomic E-state index is 13.7. The molecule has 198 valence electrons. The van der Waals surface area contributed by atoms with E-state index in [1.165, 1.54) is 28.0 Å². The SMILES string of the molecule is CC[NH+](CC)CCN1C(=O)C(=O)C(=C([O-])c2ccc(OCC(C)C)c(C)c2)C1c1cccc([N+](=O)[O-])c1. The Morgan fingerprint density at radius 3 is 2.43 bits per heavy atom. The standard InChI is InChI=1S/C28H35N3O6/c1-6-29(7-2)13-14-30-25(20-9-8-10-22(16-20)31(35)36)24(27(33)28(30)34)26(32)21-11-12-23(19(5)15-21)37-17-18(3)4/h8-12,15-16,18,25,32H,6-7,13-14,17H2,1-5H3. The highest BCUT2D eigenvalue weighted by Crippen LogP contribution is 2.39. The summed E-state index contributed by atoms with van der Waals surface area (Å²) in [6.07, 6.45) is 0. The Bertz CT molecular complexity index is 1200. The lowest BCUT2D eigenvalue weighted by molar-refractivity contribution is -0.895. The van der Waals surface area contributed by atoms with Crippen molar-refractivity contribution in [2.75, 3.05) is 32.8 Å². The van der Waals surface area contributed by atoms with Gasteiger partial charge in [-0.2, -0.15) is 0 Å². The van der Waals surface area contributed by atoms with Crippen LogP contribution in [0.15, 0.2) is 48.0 Å². The third-order valence-corrected chi connectivity index (χ3v) is 6.64. The molecular weight excluding hydrogens is 474 g/mol. The highest BCUT2D eigenvalue weighted by Gasteiger charge is 2.44. The van der Waals surface area contributed by atoms with Crippen molar-refractivity contribution in [3.05, 3.63) is 74.8 Å². The summed E-state index contributed by atoms with van der Waals surface area (Å²) in [7, 11) is 0. The van der Waals surface area contributed by atoms with Gasteiger partial charge in [-0.3, -0.25) is 19.7 Å². The Balaban J connectivity index is 2.10. The number of hydrogen-bond donors (Lipinski definition) is 1. The van der Waals surface area contributed by atoms with Gasteiger partial charge in [0.05, 0.1) is 43.8 Å². The molecule has 37 heavy (non-hydrogen) atoms. The fourth-order valence-corrected chi connectivity index (χ4v) is 4.50. The summed E-state index contributed by atoms with van der Waals surface area (Å²) in [5, 5.41) is 25.2. The van der Waals surface area contributed by atoms with Crippen molar-refractivity contribution in [2.24, 2.45) is 5.92 Å². The van der Waals surface area contributed by atoms with Crippen molar-refractivity contribution in [2.45, 2.75) is 40.7 Å². The molecule has 0 saturated carbocycles. The van der Waals surface area contributed by atoms with Crippen LogP contribution in [0.4, 0.5) is 5.69 Å². The first-order valence-electron chi connectivity index (χ1n) is 12.7. The summed E-state index contributed by atoms with van der Waals surface area (Å²) >= 11 is 0. The number of amides is 1. The molecule has 0 aliphatic carbocycles. The largest absolute Gasteiger partial charge is 0.872 e. The number of non-ortho nitro benzene ring substituents is 1. The number of carbonyl (C=O) groups is 2. The fourth-order valence-electron chi connectivity index (χ4n) is 4.50. The molecule has 9 heteroatoms. The van der Waals surface area contributed by atoms with Crippen LogP contribution in [0, 0.1) is 23.0 Å². The van der Waals surface area contributed by atoms with E-state index in [1.807, 2.05) is 34.6 Å². The van der Waals surface area contributed by atoms with E-state index in [4.69, 9.17) is 4.74 Å². The summed E-state index contributed by atoms with van der Waals surface area (Å²) in [5.74, 6) is -1.22. The van der Waals surface area contributed by atoms with Crippen LogP contribution in [-0.4, -0.2) is 54.3 Å². The molecule has 1 fully saturated rings. The van der Waals surface area contributed by atoms with E-state index in [0.29, 0.717) is 30.4 Å². The first-order chi connectivity index (χ1) is 17.6. The minimum absolute atomic E-state index is 0.173. The number of Topliss-reactive ketones (excluding diaryl/α,β-unsaturated/α-hetero) is 1. The van der Waals surface area contributed by atoms with Gasteiger partial charge >= 0.3 is 0 Å². The zero-order valence-electron chi connectivity index (χ0n) is 22.1. The minimum Gasteiger partial charge on any atom is -0.872 e. The number of nitrogens with zero attached hydrogens (tertiary/aromatic N) is 2. The molecule has 0 spiro atoms. The van der Waals surface area contributed by atoms with E-state index in [-0.39, 0.29) is 23.4 Å². The molecule has 2 aromatic carbocycles. The number of nitro benzene ring substituents is 1. The lowest BCUT2D eigenvalue weighted by atomic mass is 9.94. The molecule has 1 heterocycles. The van der Waals surface area contributed by atoms with Crippen molar-refractivity contribution in [1.82, 2.24) is 4.90 Å². The van der Waals surface area contributed by atoms with Crippen molar-refractivity contribution in [3.8, 4) is 5.75 Å². The second kappa shape index (κ2) is 12.0. The number of benzene rings is 2. The van der Waals surface area contributed by atoms with Crippen LogP contribution >= 0.6 is 0 Å². The monoisotopic (exact) mass is 509 g/mol. The Kier molecular flexibility index (Phi) is 9.04. The number of quaternary nitrogens is 1. The van der Waals surface area contributed by atoms with E-state index in [1.54, 1.807) is 24.3 Å². The number of nitrogens with one attached hydrogen (secondary N) is 1. The molecule has 1 atom stereocenters. The molecule has 1 N–H and O–H groups in total. The second-order valence-corrected chi connectivity index (χ2v) is 9.72. The van der Waals surface area contributed by atoms with Gasteiger partial charge in [0.1, 0.15) is 5.75 Å². The van der Waals surface area contributed by atoms with Crippen LogP contribution in [-0.2, 0) is 9.59 Å². The van der Waals surface area contributed by atoms with Crippen molar-refractivity contribution < 1.29 is 29.3 Å². The first-order valence-corrected chi connectivity index (χ1v) is 12.7. The highest BCUT2D eigenvalue weighted by molar-refractivity contribution is 6.46. The summed E-state index contributed by atoms with van der Waals surface area (Å²) in [6, 6.07) is 9.71. The molecule has 1 saturated heterocycles. The lowest BCUT2D eigenvalue weighted by Crippen LogP contribution is -3.12. The number of likely N-dealkylation sites (N-methyl/N-ethyl adjacent to an activating group) is 1. The number of likely N-dealkylation sites (tertiary alicyclic amines) is 1. The highest BCUT2D eigenvalue weighted by atomic mass is 16.6. The van der Waals surface area contributed by atoms with Crippen LogP contribution in [0.25, 0.3) is 5.76 Å². The van der Waals surface area contributed by atoms with Crippen molar-refractivity contribution >= 4 is 23.1 Å². The van der Waals surface area contributed by atoms with Crippen LogP contribution in [0.5, 0.6) is 5.75 Å². The molecule has 1 unspecified atom stereocenters. The molecule has 9 nitrogen and oxygen atoms in total. The van der Waals surface area contributed by atoms with Gasteiger partial charge in [-0.25, -0.2) is 0 Å². The van der Waals surface area contributed by atoms with Gasteiger partial charge < -0.3 is 19.6 Å². The summed E-state index contributed by atoms with van der Waals surface area (Å²) in [5.41, 5.74) is 0.998. The molecule has 0 radical (unpaired) electrons. The molecule has 1 aliphatic heterocycles. The third kappa shape index (κ3) is 6.17. The smallest absolute Gasteiger partial charge is 0.295 e. The topological polar surface area (TPSA) is 117 Å². The van der Waals surface area contributed by atoms with Crippen molar-refractivity contribution in [1.29, 1.82) is 0 Å². The lowest BCUT2D eigenvalue weighted by Gasteiger charge is -2.28. The normalized spacial score (nSPS) is 17.2. The summed E-state index contributed by atoms with van der Waals surface area (Å²) < 4.78 is 5.80. The molecule has 3 rings (SSSR count). The van der Waals surface area contributed by atoms with Crippen molar-refractivity contribution in [3.63, 3.8) is 0 Å². The van der Waals surface area contributed by atoms with Crippen LogP contribution in [0.1, 0.15) is 50.4 Å². The maximum absolute atomic E-state index is 13.7. The maximum Gasteiger partial charge on any atom is 0.295 e. The number of nitro groups is 1. The van der Waals surface area contributed by atoms with Gasteiger partial charge in [0, 0.05) is 17.7 Å². The van der Waals surface area contributed by atoms with E-state index < -0.39 is 28.4 Å². The van der Waals surface area contributed by atoms with Gasteiger partial charge in [0.15, 0.2) is 0 Å². The number of carbonyl (C=O) groups excluding carboxylic acids is 2. The van der Waals surface area contributed by atoms with Crippen LogP contribution < -0.4 is 14.7 Å². The van der Waals surface area contributed by atoms with Gasteiger partial charge in [-0.05, 0) is 55.5 Å². The average Bonchev–Trinajstić information content (AvgIpc) is 3.13. The zero-order valence-corrected chi connectivity index (χ0v) is 22.1. The predicted octanol–water partition coefficient (Wildman–Crippen LogP) is 2.09. The van der Waals surface area contributed by atoms with E-state index in [0.717, 1.165) is 18.7 Å². The zero-order chi connectivity index (χ0) is 27.3. The molecule has 1 amide bonds. The number of ketones is 1. The second-order valence-electron chi connectivity index (χ2n) is 9.72. The molecular formula is C28H35N3O6. The van der Waals surface area contributed by atoms with Crippen LogP contribution in [0.2, 0.25) is 0 Å². The number of hydrogen-bond acceptors (Lipinski definition) is 6. The molecule has 0 aromatic heterocycles. The first kappa shape index (κ1) is 27.9. The predicted molar refractivity (Wildman–Crippen MR) is 138 cm³/mol. The number of aryl methyl sites for hydroxylation is 1. The Labute approximate surface area is 217 Å². The van der Waals surface area contributed by atoms with Gasteiger partial charge in [0.25, 0.3) is 11.6 Å². The summed E-state index contributed by atoms with van der Waals surface area (Å²) in [4.78, 5) is 39.9. The fraction of sp³-hybridized carbons (Fsp3) is 0.429. The average molecular weight is 510 g/mol. The Hall–Kier alpha value is -3.72. The minimum atomic E-state index is -1.00. The van der Waals surface area contributed by atoms with E-state index >= 15 is 0 Å². The third-order valence-electron chi connectivity index (χ3n) is 6.64. The van der Waals surface area contributed by atoms with Crippen LogP contribution in [0.3, 0.4) is 0 Å². The van der Waals surface area contributed by atoms with E-state index in [2.05, 4.69) is 0 Å².